The Morgan fingerprint density at radius 1 is 1.39 bits per heavy atom. The fraction of sp³-hybridized carbons (Fsp3) is 0.833. The molecule has 0 aromatic carbocycles. The van der Waals surface area contributed by atoms with Crippen LogP contribution in [0, 0.1) is 5.92 Å². The summed E-state index contributed by atoms with van der Waals surface area (Å²) in [6.45, 7) is 8.92. The lowest BCUT2D eigenvalue weighted by atomic mass is 9.91. The van der Waals surface area contributed by atoms with Crippen LogP contribution in [-0.2, 0) is 9.59 Å². The van der Waals surface area contributed by atoms with E-state index in [-0.39, 0.29) is 23.8 Å². The number of likely N-dealkylation sites (N-methyl/N-ethyl adjacent to an activating group) is 1. The molecule has 1 saturated heterocycles. The Bertz CT molecular complexity index is 341. The average Bonchev–Trinajstić information content (AvgIpc) is 2.29. The maximum atomic E-state index is 12.2. The summed E-state index contributed by atoms with van der Waals surface area (Å²) in [7, 11) is 1.79. The topological polar surface area (TPSA) is 78.7 Å². The number of nitrogens with one attached hydrogen (secondary N) is 1. The van der Waals surface area contributed by atoms with Crippen molar-refractivity contribution < 1.29 is 9.59 Å². The van der Waals surface area contributed by atoms with E-state index in [1.807, 2.05) is 32.6 Å². The van der Waals surface area contributed by atoms with Crippen LogP contribution in [0.1, 0.15) is 27.7 Å². The smallest absolute Gasteiger partial charge is 0.251 e. The molecule has 1 aliphatic heterocycles. The molecular formula is C12H24N4O2. The van der Waals surface area contributed by atoms with Gasteiger partial charge in [-0.2, -0.15) is 0 Å². The molecule has 0 radical (unpaired) electrons. The van der Waals surface area contributed by atoms with E-state index in [0.29, 0.717) is 13.1 Å². The van der Waals surface area contributed by atoms with E-state index in [1.165, 1.54) is 0 Å². The first-order valence-electron chi connectivity index (χ1n) is 6.26. The molecule has 1 unspecified atom stereocenters. The summed E-state index contributed by atoms with van der Waals surface area (Å²) in [5, 5.41) is 0. The van der Waals surface area contributed by atoms with E-state index in [2.05, 4.69) is 5.43 Å². The maximum Gasteiger partial charge on any atom is 0.251 e. The van der Waals surface area contributed by atoms with E-state index in [0.717, 1.165) is 0 Å². The molecule has 6 heteroatoms. The SMILES string of the molecule is CC(C)C(C(=O)NN)N1CCN(C)C(=O)C1(C)C. The standard InChI is InChI=1S/C12H24N4O2/c1-8(2)9(10(17)14-13)16-7-6-15(5)11(18)12(16,3)4/h8-9H,6-7,13H2,1-5H3,(H,14,17). The number of hydrazine groups is 1. The molecule has 0 bridgehead atoms. The monoisotopic (exact) mass is 256 g/mol. The van der Waals surface area contributed by atoms with E-state index < -0.39 is 5.54 Å². The second-order valence-corrected chi connectivity index (χ2v) is 5.68. The van der Waals surface area contributed by atoms with Gasteiger partial charge in [-0.25, -0.2) is 5.84 Å². The highest BCUT2D eigenvalue weighted by atomic mass is 16.2. The van der Waals surface area contributed by atoms with Crippen LogP contribution in [0.2, 0.25) is 0 Å². The lowest BCUT2D eigenvalue weighted by molar-refractivity contribution is -0.153. The Balaban J connectivity index is 3.05. The van der Waals surface area contributed by atoms with Crippen molar-refractivity contribution in [3.63, 3.8) is 0 Å². The maximum absolute atomic E-state index is 12.2. The number of amides is 2. The van der Waals surface area contributed by atoms with Gasteiger partial charge in [-0.15, -0.1) is 0 Å². The first kappa shape index (κ1) is 14.9. The van der Waals surface area contributed by atoms with Crippen molar-refractivity contribution >= 4 is 11.8 Å². The minimum absolute atomic E-state index is 0.0317. The molecule has 0 aromatic heterocycles. The molecule has 6 nitrogen and oxygen atoms in total. The van der Waals surface area contributed by atoms with Gasteiger partial charge in [0.25, 0.3) is 5.91 Å². The third-order valence-corrected chi connectivity index (χ3v) is 3.64. The fourth-order valence-electron chi connectivity index (χ4n) is 2.61. The molecule has 0 aliphatic carbocycles. The van der Waals surface area contributed by atoms with Gasteiger partial charge in [-0.1, -0.05) is 13.8 Å². The van der Waals surface area contributed by atoms with Crippen molar-refractivity contribution in [2.24, 2.45) is 11.8 Å². The van der Waals surface area contributed by atoms with E-state index in [4.69, 9.17) is 5.84 Å². The number of hydrogen-bond donors (Lipinski definition) is 2. The molecule has 1 aliphatic rings. The molecule has 1 atom stereocenters. The molecule has 0 aromatic rings. The van der Waals surface area contributed by atoms with Crippen molar-refractivity contribution in [3.05, 3.63) is 0 Å². The largest absolute Gasteiger partial charge is 0.343 e. The number of carbonyl (C=O) groups excluding carboxylic acids is 2. The van der Waals surface area contributed by atoms with Gasteiger partial charge in [0.15, 0.2) is 0 Å². The molecule has 1 rings (SSSR count). The summed E-state index contributed by atoms with van der Waals surface area (Å²) in [4.78, 5) is 27.8. The third-order valence-electron chi connectivity index (χ3n) is 3.64. The van der Waals surface area contributed by atoms with Gasteiger partial charge in [-0.3, -0.25) is 19.9 Å². The molecular weight excluding hydrogens is 232 g/mol. The van der Waals surface area contributed by atoms with Gasteiger partial charge in [0.05, 0.1) is 11.6 Å². The van der Waals surface area contributed by atoms with E-state index in [1.54, 1.807) is 11.9 Å². The third kappa shape index (κ3) is 2.49. The van der Waals surface area contributed by atoms with Crippen LogP contribution in [0.4, 0.5) is 0 Å². The van der Waals surface area contributed by atoms with Gasteiger partial charge in [0.2, 0.25) is 5.91 Å². The summed E-state index contributed by atoms with van der Waals surface area (Å²) in [6.07, 6.45) is 0. The van der Waals surface area contributed by atoms with Crippen molar-refractivity contribution in [2.75, 3.05) is 20.1 Å². The molecule has 0 spiro atoms. The van der Waals surface area contributed by atoms with Crippen LogP contribution in [0.25, 0.3) is 0 Å². The number of nitrogens with zero attached hydrogens (tertiary/aromatic N) is 2. The van der Waals surface area contributed by atoms with Gasteiger partial charge >= 0.3 is 0 Å². The number of piperazine rings is 1. The van der Waals surface area contributed by atoms with Crippen molar-refractivity contribution in [1.29, 1.82) is 0 Å². The zero-order valence-electron chi connectivity index (χ0n) is 11.9. The van der Waals surface area contributed by atoms with E-state index in [9.17, 15) is 9.59 Å². The van der Waals surface area contributed by atoms with Crippen LogP contribution >= 0.6 is 0 Å². The second-order valence-electron chi connectivity index (χ2n) is 5.68. The summed E-state index contributed by atoms with van der Waals surface area (Å²) < 4.78 is 0. The number of rotatable bonds is 3. The zero-order valence-corrected chi connectivity index (χ0v) is 11.9. The minimum Gasteiger partial charge on any atom is -0.343 e. The Morgan fingerprint density at radius 3 is 2.39 bits per heavy atom. The van der Waals surface area contributed by atoms with Crippen LogP contribution in [0.3, 0.4) is 0 Å². The van der Waals surface area contributed by atoms with Crippen molar-refractivity contribution in [2.45, 2.75) is 39.3 Å². The van der Waals surface area contributed by atoms with Crippen LogP contribution < -0.4 is 11.3 Å². The molecule has 2 amide bonds. The lowest BCUT2D eigenvalue weighted by Crippen LogP contribution is -2.68. The molecule has 104 valence electrons. The number of carbonyl (C=O) groups is 2. The van der Waals surface area contributed by atoms with Gasteiger partial charge < -0.3 is 4.90 Å². The summed E-state index contributed by atoms with van der Waals surface area (Å²) >= 11 is 0. The molecule has 1 heterocycles. The van der Waals surface area contributed by atoms with E-state index >= 15 is 0 Å². The quantitative estimate of drug-likeness (QED) is 0.407. The molecule has 1 fully saturated rings. The molecule has 3 N–H and O–H groups in total. The number of hydrogen-bond acceptors (Lipinski definition) is 4. The van der Waals surface area contributed by atoms with Crippen LogP contribution in [0.15, 0.2) is 0 Å². The normalized spacial score (nSPS) is 22.2. The highest BCUT2D eigenvalue weighted by molar-refractivity contribution is 5.88. The minimum atomic E-state index is -0.686. The van der Waals surface area contributed by atoms with Crippen LogP contribution in [0.5, 0.6) is 0 Å². The first-order valence-corrected chi connectivity index (χ1v) is 6.26. The highest BCUT2D eigenvalue weighted by Gasteiger charge is 2.46. The Morgan fingerprint density at radius 2 is 1.94 bits per heavy atom. The zero-order chi connectivity index (χ0) is 14.1. The summed E-state index contributed by atoms with van der Waals surface area (Å²) in [6, 6.07) is -0.386. The predicted molar refractivity (Wildman–Crippen MR) is 69.4 cm³/mol. The first-order chi connectivity index (χ1) is 8.23. The Kier molecular flexibility index (Phi) is 4.34. The lowest BCUT2D eigenvalue weighted by Gasteiger charge is -2.48. The fourth-order valence-corrected chi connectivity index (χ4v) is 2.61. The molecule has 18 heavy (non-hydrogen) atoms. The molecule has 0 saturated carbocycles. The van der Waals surface area contributed by atoms with Gasteiger partial charge in [-0.05, 0) is 19.8 Å². The van der Waals surface area contributed by atoms with Crippen LogP contribution in [-0.4, -0.2) is 53.3 Å². The number of nitrogens with two attached hydrogens (primary N) is 1. The Labute approximate surface area is 108 Å². The van der Waals surface area contributed by atoms with Crippen molar-refractivity contribution in [3.8, 4) is 0 Å². The average molecular weight is 256 g/mol. The van der Waals surface area contributed by atoms with Gasteiger partial charge in [0.1, 0.15) is 0 Å². The summed E-state index contributed by atoms with van der Waals surface area (Å²) in [5.74, 6) is 5.12. The van der Waals surface area contributed by atoms with Crippen molar-refractivity contribution in [1.82, 2.24) is 15.2 Å². The Hall–Kier alpha value is -1.14. The highest BCUT2D eigenvalue weighted by Crippen LogP contribution is 2.27. The summed E-state index contributed by atoms with van der Waals surface area (Å²) in [5.41, 5.74) is 1.52. The predicted octanol–water partition coefficient (Wildman–Crippen LogP) is -0.446. The second kappa shape index (κ2) is 5.24. The van der Waals surface area contributed by atoms with Gasteiger partial charge in [0, 0.05) is 20.1 Å².